The molecule has 0 N–H and O–H groups in total. The molecule has 0 saturated heterocycles. The third-order valence-electron chi connectivity index (χ3n) is 18.2. The van der Waals surface area contributed by atoms with Crippen LogP contribution in [0.3, 0.4) is 0 Å². The van der Waals surface area contributed by atoms with E-state index in [1.165, 1.54) is 55.9 Å². The molecule has 6 aromatic carbocycles. The minimum Gasteiger partial charge on any atom is -0.422 e. The second-order valence-electron chi connectivity index (χ2n) is 24.8. The van der Waals surface area contributed by atoms with Gasteiger partial charge in [-0.15, -0.1) is 0 Å². The molecule has 0 bridgehead atoms. The number of rotatable bonds is 4. The molecule has 0 saturated carbocycles. The predicted octanol–water partition coefficient (Wildman–Crippen LogP) is 15.2. The summed E-state index contributed by atoms with van der Waals surface area (Å²) in [5.41, 5.74) is 20.8. The summed E-state index contributed by atoms with van der Waals surface area (Å²) in [5, 5.41) is 2.01. The lowest BCUT2D eigenvalue weighted by Crippen LogP contribution is -2.44. The van der Waals surface area contributed by atoms with Crippen molar-refractivity contribution in [2.24, 2.45) is 0 Å². The maximum absolute atomic E-state index is 13.9. The fourth-order valence-electron chi connectivity index (χ4n) is 13.5. The van der Waals surface area contributed by atoms with Crippen LogP contribution in [0.2, 0.25) is 0 Å². The number of fused-ring (bicyclic) bond motifs is 7. The molecule has 71 heavy (non-hydrogen) atoms. The van der Waals surface area contributed by atoms with Gasteiger partial charge in [-0.1, -0.05) is 142 Å². The van der Waals surface area contributed by atoms with Crippen LogP contribution in [0.25, 0.3) is 77.6 Å². The third-order valence-corrected chi connectivity index (χ3v) is 18.2. The first-order chi connectivity index (χ1) is 33.7. The van der Waals surface area contributed by atoms with Gasteiger partial charge >= 0.3 is 11.3 Å². The molecule has 6 heteroatoms. The Morgan fingerprint density at radius 2 is 0.704 bits per heavy atom. The van der Waals surface area contributed by atoms with Crippen LogP contribution in [0, 0.1) is 0 Å². The first-order valence-electron chi connectivity index (χ1n) is 26.0. The Labute approximate surface area is 417 Å². The van der Waals surface area contributed by atoms with E-state index in [0.717, 1.165) is 107 Å². The monoisotopic (exact) mass is 936 g/mol. The zero-order valence-corrected chi connectivity index (χ0v) is 43.1. The van der Waals surface area contributed by atoms with E-state index in [-0.39, 0.29) is 38.3 Å². The van der Waals surface area contributed by atoms with Crippen molar-refractivity contribution in [1.82, 2.24) is 0 Å². The van der Waals surface area contributed by atoms with Crippen LogP contribution in [0.1, 0.15) is 128 Å². The van der Waals surface area contributed by atoms with Gasteiger partial charge in [-0.05, 0) is 151 Å². The normalized spacial score (nSPS) is 19.3. The van der Waals surface area contributed by atoms with Crippen LogP contribution < -0.4 is 21.1 Å². The van der Waals surface area contributed by atoms with Gasteiger partial charge in [0.15, 0.2) is 0 Å². The zero-order valence-electron chi connectivity index (χ0n) is 43.1. The molecule has 5 aliphatic rings. The average Bonchev–Trinajstić information content (AvgIpc) is 3.56. The van der Waals surface area contributed by atoms with Gasteiger partial charge in [-0.2, -0.15) is 0 Å². The molecule has 0 fully saturated rings. The van der Waals surface area contributed by atoms with E-state index in [1.54, 1.807) is 0 Å². The van der Waals surface area contributed by atoms with Crippen molar-refractivity contribution in [3.8, 4) is 55.6 Å². The molecule has 1 aliphatic carbocycles. The summed E-state index contributed by atoms with van der Waals surface area (Å²) in [6, 6.07) is 39.3. The molecule has 4 aliphatic heterocycles. The van der Waals surface area contributed by atoms with E-state index in [4.69, 9.17) is 8.83 Å². The van der Waals surface area contributed by atoms with Crippen molar-refractivity contribution in [2.75, 3.05) is 36.0 Å². The van der Waals surface area contributed by atoms with Crippen LogP contribution in [-0.4, -0.2) is 26.2 Å². The number of nitrogens with zero attached hydrogens (tertiary/aromatic N) is 2. The minimum absolute atomic E-state index is 0.0390. The molecule has 0 amide bonds. The third kappa shape index (κ3) is 6.51. The molecule has 0 radical (unpaired) electrons. The van der Waals surface area contributed by atoms with Crippen LogP contribution in [-0.2, 0) is 27.1 Å². The highest BCUT2D eigenvalue weighted by Crippen LogP contribution is 2.55. The van der Waals surface area contributed by atoms with Crippen LogP contribution in [0.5, 0.6) is 0 Å². The summed E-state index contributed by atoms with van der Waals surface area (Å²) < 4.78 is 12.7. The zero-order chi connectivity index (χ0) is 49.3. The van der Waals surface area contributed by atoms with Crippen molar-refractivity contribution < 1.29 is 8.83 Å². The second kappa shape index (κ2) is 14.7. The summed E-state index contributed by atoms with van der Waals surface area (Å²) in [4.78, 5) is 32.9. The van der Waals surface area contributed by atoms with Crippen LogP contribution in [0.15, 0.2) is 128 Å². The van der Waals surface area contributed by atoms with Crippen molar-refractivity contribution >= 4 is 33.3 Å². The molecule has 6 heterocycles. The lowest BCUT2D eigenvalue weighted by atomic mass is 9.69. The summed E-state index contributed by atoms with van der Waals surface area (Å²) >= 11 is 0. The Kier molecular flexibility index (Phi) is 9.18. The number of anilines is 2. The highest BCUT2D eigenvalue weighted by atomic mass is 16.4. The fourth-order valence-corrected chi connectivity index (χ4v) is 13.5. The maximum atomic E-state index is 13.9. The standard InChI is InChI=1S/C65H64N2O4/c1-61(2)23-27-66-29-25-63(5,6)53-55(66)51(61)35-43-31-47(59(68)70-57(43)53)39-15-11-37(12-16-39)41-19-21-45-46-22-20-42(34-50(46)65(9,10)49(45)33-41)38-13-17-40(18-14-38)48-32-44-36-52-56-54(58(44)71-60(48)69)64(7,8)26-30-67(56)28-24-62(52,3)4/h11-22,31-36H,23-30H2,1-10H3. The Bertz CT molecular complexity index is 3480. The molecular weight excluding hydrogens is 873 g/mol. The fraction of sp³-hybridized carbons (Fsp3) is 0.354. The maximum Gasteiger partial charge on any atom is 0.344 e. The molecule has 358 valence electrons. The van der Waals surface area contributed by atoms with Gasteiger partial charge in [-0.25, -0.2) is 9.59 Å². The Morgan fingerprint density at radius 1 is 0.366 bits per heavy atom. The van der Waals surface area contributed by atoms with Gasteiger partial charge in [0.1, 0.15) is 11.2 Å². The summed E-state index contributed by atoms with van der Waals surface area (Å²) in [6.07, 6.45) is 4.27. The SMILES string of the molecule is CC1(C)CCN2CCC(C)(C)c3c2c1cc1cc(-c2ccc(-c4ccc5c(c4)C(C)(C)c4cc(-c6ccc(-c7cc8cc9c%10c(c8oc7=O)C(C)(C)CCN%10CCC9(C)C)cc6)ccc4-5)cc2)c(=O)oc31. The number of benzene rings is 6. The minimum atomic E-state index is -0.291. The lowest BCUT2D eigenvalue weighted by molar-refractivity contribution is 0.398. The predicted molar refractivity (Wildman–Crippen MR) is 293 cm³/mol. The van der Waals surface area contributed by atoms with E-state index in [9.17, 15) is 9.59 Å². The quantitative estimate of drug-likeness (QED) is 0.164. The van der Waals surface area contributed by atoms with Gasteiger partial charge in [0.2, 0.25) is 0 Å². The van der Waals surface area contributed by atoms with E-state index < -0.39 is 0 Å². The molecule has 8 aromatic rings. The van der Waals surface area contributed by atoms with Gasteiger partial charge in [0.25, 0.3) is 0 Å². The molecule has 6 nitrogen and oxygen atoms in total. The molecule has 0 unspecified atom stereocenters. The van der Waals surface area contributed by atoms with Crippen molar-refractivity contribution in [1.29, 1.82) is 0 Å². The van der Waals surface area contributed by atoms with E-state index >= 15 is 0 Å². The lowest BCUT2D eigenvalue weighted by Gasteiger charge is -2.48. The van der Waals surface area contributed by atoms with Gasteiger partial charge in [-0.3, -0.25) is 0 Å². The topological polar surface area (TPSA) is 66.9 Å². The van der Waals surface area contributed by atoms with Crippen molar-refractivity contribution in [2.45, 2.75) is 122 Å². The summed E-state index contributed by atoms with van der Waals surface area (Å²) in [7, 11) is 0. The molecule has 13 rings (SSSR count). The first kappa shape index (κ1) is 44.3. The second-order valence-corrected chi connectivity index (χ2v) is 24.8. The van der Waals surface area contributed by atoms with Crippen molar-refractivity contribution in [3.63, 3.8) is 0 Å². The molecule has 0 spiro atoms. The van der Waals surface area contributed by atoms with Crippen LogP contribution >= 0.6 is 0 Å². The van der Waals surface area contributed by atoms with Crippen molar-refractivity contribution in [3.05, 3.63) is 163 Å². The number of hydrogen-bond donors (Lipinski definition) is 0. The highest BCUT2D eigenvalue weighted by Gasteiger charge is 2.44. The van der Waals surface area contributed by atoms with Gasteiger partial charge < -0.3 is 18.6 Å². The molecular formula is C65H64N2O4. The average molecular weight is 937 g/mol. The number of hydrogen-bond acceptors (Lipinski definition) is 6. The van der Waals surface area contributed by atoms with E-state index in [1.807, 2.05) is 0 Å². The van der Waals surface area contributed by atoms with Crippen LogP contribution in [0.4, 0.5) is 11.4 Å². The Morgan fingerprint density at radius 3 is 1.08 bits per heavy atom. The Hall–Kier alpha value is -6.66. The van der Waals surface area contributed by atoms with Gasteiger partial charge in [0.05, 0.1) is 11.1 Å². The Balaban J connectivity index is 0.789. The molecule has 0 atom stereocenters. The van der Waals surface area contributed by atoms with Gasteiger partial charge in [0, 0.05) is 64.9 Å². The summed E-state index contributed by atoms with van der Waals surface area (Å²) in [6.45, 7) is 27.4. The van der Waals surface area contributed by atoms with E-state index in [2.05, 4.69) is 188 Å². The largest absolute Gasteiger partial charge is 0.422 e. The smallest absolute Gasteiger partial charge is 0.344 e. The first-order valence-corrected chi connectivity index (χ1v) is 26.0. The molecule has 2 aromatic heterocycles. The summed E-state index contributed by atoms with van der Waals surface area (Å²) in [5.74, 6) is 0. The highest BCUT2D eigenvalue weighted by molar-refractivity contribution is 5.95. The van der Waals surface area contributed by atoms with E-state index in [0.29, 0.717) is 11.1 Å².